The van der Waals surface area contributed by atoms with E-state index in [1.54, 1.807) is 0 Å². The molecule has 1 aromatic heterocycles. The van der Waals surface area contributed by atoms with Gasteiger partial charge in [0.15, 0.2) is 0 Å². The number of aromatic nitrogens is 3. The van der Waals surface area contributed by atoms with E-state index in [2.05, 4.69) is 107 Å². The highest BCUT2D eigenvalue weighted by atomic mass is 15.4. The van der Waals surface area contributed by atoms with Gasteiger partial charge in [-0.3, -0.25) is 9.80 Å². The fourth-order valence-corrected chi connectivity index (χ4v) is 6.11. The van der Waals surface area contributed by atoms with Crippen LogP contribution in [0.1, 0.15) is 81.1 Å². The quantitative estimate of drug-likeness (QED) is 0.681. The van der Waals surface area contributed by atoms with E-state index in [0.717, 1.165) is 31.6 Å². The van der Waals surface area contributed by atoms with E-state index in [0.29, 0.717) is 24.0 Å². The molecule has 0 unspecified atom stereocenters. The summed E-state index contributed by atoms with van der Waals surface area (Å²) in [5.74, 6) is 1.99. The molecule has 2 aliphatic heterocycles. The maximum Gasteiger partial charge on any atom is 0.231 e. The minimum absolute atomic E-state index is 0.100. The van der Waals surface area contributed by atoms with Crippen LogP contribution in [0.25, 0.3) is 0 Å². The molecular weight excluding hydrogens is 412 g/mol. The predicted octanol–water partition coefficient (Wildman–Crippen LogP) is 4.06. The highest BCUT2D eigenvalue weighted by Gasteiger charge is 2.45. The SMILES string of the molecule is CNc1nc(NC2CC(C)(C)N(C)C(C)(C)C2)nc(N(C)C2CC(C)(C)N(C)C(C)(C)C2)n1. The van der Waals surface area contributed by atoms with Gasteiger partial charge in [-0.05, 0) is 95.2 Å². The monoisotopic (exact) mass is 460 g/mol. The molecule has 8 heteroatoms. The van der Waals surface area contributed by atoms with E-state index in [9.17, 15) is 0 Å². The summed E-state index contributed by atoms with van der Waals surface area (Å²) < 4.78 is 0. The summed E-state index contributed by atoms with van der Waals surface area (Å²) in [5, 5.41) is 6.80. The van der Waals surface area contributed by atoms with Crippen LogP contribution in [0.3, 0.4) is 0 Å². The highest BCUT2D eigenvalue weighted by Crippen LogP contribution is 2.40. The number of likely N-dealkylation sites (tertiary alicyclic amines) is 2. The Morgan fingerprint density at radius 2 is 1.15 bits per heavy atom. The Morgan fingerprint density at radius 3 is 1.61 bits per heavy atom. The van der Waals surface area contributed by atoms with E-state index < -0.39 is 0 Å². The maximum atomic E-state index is 4.91. The zero-order chi connectivity index (χ0) is 25.0. The van der Waals surface area contributed by atoms with Gasteiger partial charge in [0.2, 0.25) is 17.8 Å². The van der Waals surface area contributed by atoms with Crippen LogP contribution < -0.4 is 15.5 Å². The van der Waals surface area contributed by atoms with Crippen molar-refractivity contribution >= 4 is 17.8 Å². The van der Waals surface area contributed by atoms with Gasteiger partial charge in [-0.2, -0.15) is 15.0 Å². The second kappa shape index (κ2) is 8.52. The van der Waals surface area contributed by atoms with Crippen LogP contribution in [-0.4, -0.2) is 87.2 Å². The molecule has 188 valence electrons. The van der Waals surface area contributed by atoms with Crippen molar-refractivity contribution in [2.75, 3.05) is 43.7 Å². The molecule has 2 aliphatic rings. The smallest absolute Gasteiger partial charge is 0.231 e. The minimum atomic E-state index is 0.100. The second-order valence-electron chi connectivity index (χ2n) is 12.8. The lowest BCUT2D eigenvalue weighted by molar-refractivity contribution is -0.0121. The zero-order valence-electron chi connectivity index (χ0n) is 23.2. The van der Waals surface area contributed by atoms with Crippen molar-refractivity contribution in [3.05, 3.63) is 0 Å². The summed E-state index contributed by atoms with van der Waals surface area (Å²) in [4.78, 5) is 21.6. The summed E-state index contributed by atoms with van der Waals surface area (Å²) in [6.07, 6.45) is 4.19. The summed E-state index contributed by atoms with van der Waals surface area (Å²) >= 11 is 0. The Kier molecular flexibility index (Phi) is 6.70. The first-order chi connectivity index (χ1) is 15.0. The average Bonchev–Trinajstić information content (AvgIpc) is 2.68. The van der Waals surface area contributed by atoms with Crippen LogP contribution in [0, 0.1) is 0 Å². The third-order valence-electron chi connectivity index (χ3n) is 8.64. The van der Waals surface area contributed by atoms with Crippen molar-refractivity contribution in [2.45, 2.75) is 115 Å². The molecule has 0 amide bonds. The van der Waals surface area contributed by atoms with E-state index in [1.807, 2.05) is 7.05 Å². The van der Waals surface area contributed by atoms with Crippen LogP contribution in [0.4, 0.5) is 17.8 Å². The van der Waals surface area contributed by atoms with E-state index in [4.69, 9.17) is 9.97 Å². The number of anilines is 3. The summed E-state index contributed by atoms with van der Waals surface area (Å²) in [7, 11) is 8.47. The Hall–Kier alpha value is -1.67. The van der Waals surface area contributed by atoms with Gasteiger partial charge in [-0.25, -0.2) is 0 Å². The van der Waals surface area contributed by atoms with Gasteiger partial charge in [0.25, 0.3) is 0 Å². The van der Waals surface area contributed by atoms with Crippen LogP contribution in [0.5, 0.6) is 0 Å². The summed E-state index contributed by atoms with van der Waals surface area (Å²) in [5.41, 5.74) is 0.407. The first-order valence-electron chi connectivity index (χ1n) is 12.4. The molecule has 8 nitrogen and oxygen atoms in total. The van der Waals surface area contributed by atoms with E-state index in [1.165, 1.54) is 0 Å². The molecule has 0 atom stereocenters. The molecule has 3 rings (SSSR count). The molecule has 0 radical (unpaired) electrons. The molecule has 0 saturated carbocycles. The van der Waals surface area contributed by atoms with Gasteiger partial charge in [0, 0.05) is 48.3 Å². The van der Waals surface area contributed by atoms with Gasteiger partial charge in [0.05, 0.1) is 0 Å². The van der Waals surface area contributed by atoms with Gasteiger partial charge < -0.3 is 15.5 Å². The largest absolute Gasteiger partial charge is 0.357 e. The third kappa shape index (κ3) is 5.21. The van der Waals surface area contributed by atoms with Crippen LogP contribution in [0.2, 0.25) is 0 Å². The standard InChI is InChI=1S/C25H48N8/c1-22(2)13-17(14-23(3,4)32(22)11)27-20-28-19(26-9)29-21(30-20)31(10)18-15-24(5,6)33(12)25(7,8)16-18/h17-18H,13-16H2,1-12H3,(H2,26,27,28,29,30). The lowest BCUT2D eigenvalue weighted by Gasteiger charge is -2.55. The fraction of sp³-hybridized carbons (Fsp3) is 0.880. The highest BCUT2D eigenvalue weighted by molar-refractivity contribution is 5.44. The summed E-state index contributed by atoms with van der Waals surface area (Å²) in [6.45, 7) is 18.6. The predicted molar refractivity (Wildman–Crippen MR) is 139 cm³/mol. The topological polar surface area (TPSA) is 72.5 Å². The van der Waals surface area contributed by atoms with Crippen LogP contribution >= 0.6 is 0 Å². The van der Waals surface area contributed by atoms with Crippen molar-refractivity contribution in [2.24, 2.45) is 0 Å². The van der Waals surface area contributed by atoms with Crippen LogP contribution in [-0.2, 0) is 0 Å². The molecule has 0 aromatic carbocycles. The fourth-order valence-electron chi connectivity index (χ4n) is 6.11. The number of nitrogens with zero attached hydrogens (tertiary/aromatic N) is 6. The van der Waals surface area contributed by atoms with Crippen molar-refractivity contribution in [1.82, 2.24) is 24.8 Å². The molecule has 1 aromatic rings. The normalized spacial score (nSPS) is 25.6. The lowest BCUT2D eigenvalue weighted by Crippen LogP contribution is -2.62. The molecule has 2 N–H and O–H groups in total. The Balaban J connectivity index is 1.86. The lowest BCUT2D eigenvalue weighted by atomic mass is 9.77. The van der Waals surface area contributed by atoms with Crippen molar-refractivity contribution in [3.8, 4) is 0 Å². The average molecular weight is 461 g/mol. The summed E-state index contributed by atoms with van der Waals surface area (Å²) in [6, 6.07) is 0.657. The maximum absolute atomic E-state index is 4.91. The van der Waals surface area contributed by atoms with Crippen LogP contribution in [0.15, 0.2) is 0 Å². The van der Waals surface area contributed by atoms with E-state index in [-0.39, 0.29) is 22.2 Å². The molecule has 3 heterocycles. The molecule has 2 saturated heterocycles. The van der Waals surface area contributed by atoms with Gasteiger partial charge in [-0.15, -0.1) is 0 Å². The first-order valence-corrected chi connectivity index (χ1v) is 12.4. The molecule has 33 heavy (non-hydrogen) atoms. The first kappa shape index (κ1) is 25.9. The number of hydrogen-bond donors (Lipinski definition) is 2. The number of rotatable bonds is 5. The Bertz CT molecular complexity index is 811. The molecule has 0 aliphatic carbocycles. The van der Waals surface area contributed by atoms with Gasteiger partial charge in [-0.1, -0.05) is 0 Å². The minimum Gasteiger partial charge on any atom is -0.357 e. The third-order valence-corrected chi connectivity index (χ3v) is 8.64. The van der Waals surface area contributed by atoms with Crippen molar-refractivity contribution < 1.29 is 0 Å². The van der Waals surface area contributed by atoms with Gasteiger partial charge in [0.1, 0.15) is 0 Å². The zero-order valence-corrected chi connectivity index (χ0v) is 23.2. The number of piperidine rings is 2. The second-order valence-corrected chi connectivity index (χ2v) is 12.8. The van der Waals surface area contributed by atoms with Gasteiger partial charge >= 0.3 is 0 Å². The van der Waals surface area contributed by atoms with Crippen molar-refractivity contribution in [1.29, 1.82) is 0 Å². The van der Waals surface area contributed by atoms with E-state index >= 15 is 0 Å². The molecule has 2 fully saturated rings. The Labute approximate surface area is 201 Å². The molecule has 0 bridgehead atoms. The number of hydrogen-bond acceptors (Lipinski definition) is 8. The Morgan fingerprint density at radius 1 is 0.727 bits per heavy atom. The molecular formula is C25H48N8. The number of nitrogens with one attached hydrogen (secondary N) is 2. The molecule has 0 spiro atoms. The van der Waals surface area contributed by atoms with Crippen molar-refractivity contribution in [3.63, 3.8) is 0 Å².